The predicted octanol–water partition coefficient (Wildman–Crippen LogP) is 3.51. The number of amides is 1. The zero-order valence-electron chi connectivity index (χ0n) is 16.3. The summed E-state index contributed by atoms with van der Waals surface area (Å²) in [6.45, 7) is 6.14. The van der Waals surface area contributed by atoms with Gasteiger partial charge in [-0.05, 0) is 50.1 Å². The Hall–Kier alpha value is -3.22. The van der Waals surface area contributed by atoms with Crippen molar-refractivity contribution in [2.45, 2.75) is 39.8 Å². The molecule has 3 rings (SSSR count). The molecule has 146 valence electrons. The van der Waals surface area contributed by atoms with Crippen molar-refractivity contribution in [2.75, 3.05) is 6.61 Å². The minimum absolute atomic E-state index is 0.0349. The second-order valence-corrected chi connectivity index (χ2v) is 6.65. The molecular formula is C21H24N4O3. The van der Waals surface area contributed by atoms with Gasteiger partial charge < -0.3 is 14.2 Å². The van der Waals surface area contributed by atoms with Crippen LogP contribution in [0.4, 0.5) is 0 Å². The average molecular weight is 380 g/mol. The molecular weight excluding hydrogens is 356 g/mol. The number of aryl methyl sites for hydroxylation is 1. The molecule has 7 heteroatoms. The van der Waals surface area contributed by atoms with E-state index in [0.717, 1.165) is 12.0 Å². The Bertz CT molecular complexity index is 892. The summed E-state index contributed by atoms with van der Waals surface area (Å²) in [4.78, 5) is 22.7. The first kappa shape index (κ1) is 19.5. The molecule has 0 unspecified atom stereocenters. The van der Waals surface area contributed by atoms with Crippen molar-refractivity contribution < 1.29 is 14.1 Å². The molecule has 0 aliphatic carbocycles. The van der Waals surface area contributed by atoms with Crippen LogP contribution < -0.4 is 4.74 Å². The van der Waals surface area contributed by atoms with Gasteiger partial charge in [0.15, 0.2) is 6.61 Å². The maximum absolute atomic E-state index is 12.7. The monoisotopic (exact) mass is 380 g/mol. The summed E-state index contributed by atoms with van der Waals surface area (Å²) in [6.07, 6.45) is 4.31. The maximum atomic E-state index is 12.7. The standard InChI is InChI=1S/C21H24N4O3/c1-4-16-7-9-18(10-8-16)27-14-20(26)25(15(2)3)13-19-23-21(24-28-19)17-6-5-11-22-12-17/h5-12,15H,4,13-14H2,1-3H3. The van der Waals surface area contributed by atoms with Crippen LogP contribution in [0, 0.1) is 0 Å². The van der Waals surface area contributed by atoms with Gasteiger partial charge in [0.1, 0.15) is 12.3 Å². The molecule has 0 N–H and O–H groups in total. The quantitative estimate of drug-likeness (QED) is 0.595. The second kappa shape index (κ2) is 9.12. The van der Waals surface area contributed by atoms with Gasteiger partial charge in [-0.25, -0.2) is 0 Å². The summed E-state index contributed by atoms with van der Waals surface area (Å²) >= 11 is 0. The average Bonchev–Trinajstić information content (AvgIpc) is 3.20. The van der Waals surface area contributed by atoms with Gasteiger partial charge in [0.25, 0.3) is 5.91 Å². The zero-order chi connectivity index (χ0) is 19.9. The lowest BCUT2D eigenvalue weighted by Gasteiger charge is -2.25. The fraction of sp³-hybridized carbons (Fsp3) is 0.333. The first-order chi connectivity index (χ1) is 13.6. The SMILES string of the molecule is CCc1ccc(OCC(=O)N(Cc2nc(-c3cccnc3)no2)C(C)C)cc1. The van der Waals surface area contributed by atoms with E-state index in [-0.39, 0.29) is 25.1 Å². The van der Waals surface area contributed by atoms with Gasteiger partial charge in [0.2, 0.25) is 11.7 Å². The molecule has 0 spiro atoms. The molecule has 0 saturated carbocycles. The summed E-state index contributed by atoms with van der Waals surface area (Å²) in [6, 6.07) is 11.4. The van der Waals surface area contributed by atoms with E-state index in [4.69, 9.17) is 9.26 Å². The fourth-order valence-electron chi connectivity index (χ4n) is 2.69. The predicted molar refractivity (Wildman–Crippen MR) is 105 cm³/mol. The fourth-order valence-corrected chi connectivity index (χ4v) is 2.69. The molecule has 0 atom stereocenters. The van der Waals surface area contributed by atoms with Gasteiger partial charge in [-0.15, -0.1) is 0 Å². The smallest absolute Gasteiger partial charge is 0.261 e. The zero-order valence-corrected chi connectivity index (χ0v) is 16.3. The Labute approximate surface area is 164 Å². The van der Waals surface area contributed by atoms with Crippen molar-refractivity contribution in [2.24, 2.45) is 0 Å². The van der Waals surface area contributed by atoms with Crippen molar-refractivity contribution in [1.82, 2.24) is 20.0 Å². The summed E-state index contributed by atoms with van der Waals surface area (Å²) in [5, 5.41) is 3.97. The number of hydrogen-bond acceptors (Lipinski definition) is 6. The van der Waals surface area contributed by atoms with E-state index >= 15 is 0 Å². The number of hydrogen-bond donors (Lipinski definition) is 0. The number of nitrogens with zero attached hydrogens (tertiary/aromatic N) is 4. The minimum Gasteiger partial charge on any atom is -0.484 e. The Morgan fingerprint density at radius 1 is 1.21 bits per heavy atom. The first-order valence-corrected chi connectivity index (χ1v) is 9.31. The number of ether oxygens (including phenoxy) is 1. The van der Waals surface area contributed by atoms with E-state index in [1.54, 1.807) is 23.4 Å². The molecule has 1 amide bonds. The van der Waals surface area contributed by atoms with Crippen molar-refractivity contribution in [3.63, 3.8) is 0 Å². The molecule has 0 aliphatic rings. The highest BCUT2D eigenvalue weighted by molar-refractivity contribution is 5.78. The minimum atomic E-state index is -0.143. The van der Waals surface area contributed by atoms with Crippen LogP contribution in [0.25, 0.3) is 11.4 Å². The first-order valence-electron chi connectivity index (χ1n) is 9.31. The van der Waals surface area contributed by atoms with E-state index in [9.17, 15) is 4.79 Å². The van der Waals surface area contributed by atoms with Crippen LogP contribution in [0.3, 0.4) is 0 Å². The van der Waals surface area contributed by atoms with E-state index < -0.39 is 0 Å². The lowest BCUT2D eigenvalue weighted by molar-refractivity contribution is -0.136. The lowest BCUT2D eigenvalue weighted by Crippen LogP contribution is -2.39. The van der Waals surface area contributed by atoms with Gasteiger partial charge in [0, 0.05) is 24.0 Å². The Balaban J connectivity index is 1.62. The third kappa shape index (κ3) is 4.94. The lowest BCUT2D eigenvalue weighted by atomic mass is 10.2. The number of carbonyl (C=O) groups is 1. The van der Waals surface area contributed by atoms with Gasteiger partial charge in [0.05, 0.1) is 0 Å². The third-order valence-corrected chi connectivity index (χ3v) is 4.33. The Morgan fingerprint density at radius 3 is 2.64 bits per heavy atom. The van der Waals surface area contributed by atoms with Crippen molar-refractivity contribution in [3.05, 3.63) is 60.2 Å². The summed E-state index contributed by atoms with van der Waals surface area (Å²) in [5.74, 6) is 1.35. The summed E-state index contributed by atoms with van der Waals surface area (Å²) < 4.78 is 11.0. The van der Waals surface area contributed by atoms with E-state index in [1.165, 1.54) is 5.56 Å². The molecule has 0 fully saturated rings. The van der Waals surface area contributed by atoms with Crippen LogP contribution in [-0.4, -0.2) is 38.6 Å². The molecule has 0 aliphatic heterocycles. The molecule has 0 radical (unpaired) electrons. The molecule has 28 heavy (non-hydrogen) atoms. The van der Waals surface area contributed by atoms with Crippen LogP contribution in [-0.2, 0) is 17.8 Å². The summed E-state index contributed by atoms with van der Waals surface area (Å²) in [5.41, 5.74) is 1.99. The Kier molecular flexibility index (Phi) is 6.37. The van der Waals surface area contributed by atoms with E-state index in [0.29, 0.717) is 17.5 Å². The van der Waals surface area contributed by atoms with Crippen molar-refractivity contribution in [3.8, 4) is 17.1 Å². The largest absolute Gasteiger partial charge is 0.484 e. The maximum Gasteiger partial charge on any atom is 0.261 e. The molecule has 0 saturated heterocycles. The van der Waals surface area contributed by atoms with Crippen LogP contribution in [0.2, 0.25) is 0 Å². The number of aromatic nitrogens is 3. The van der Waals surface area contributed by atoms with Crippen molar-refractivity contribution in [1.29, 1.82) is 0 Å². The molecule has 2 heterocycles. The third-order valence-electron chi connectivity index (χ3n) is 4.33. The van der Waals surface area contributed by atoms with Gasteiger partial charge in [-0.3, -0.25) is 9.78 Å². The van der Waals surface area contributed by atoms with E-state index in [2.05, 4.69) is 22.0 Å². The van der Waals surface area contributed by atoms with Gasteiger partial charge in [-0.2, -0.15) is 4.98 Å². The van der Waals surface area contributed by atoms with Crippen LogP contribution in [0.5, 0.6) is 5.75 Å². The topological polar surface area (TPSA) is 81.4 Å². The molecule has 3 aromatic rings. The molecule has 2 aromatic heterocycles. The van der Waals surface area contributed by atoms with Crippen LogP contribution in [0.1, 0.15) is 32.2 Å². The van der Waals surface area contributed by atoms with Crippen LogP contribution >= 0.6 is 0 Å². The van der Waals surface area contributed by atoms with Crippen molar-refractivity contribution >= 4 is 5.91 Å². The molecule has 0 bridgehead atoms. The highest BCUT2D eigenvalue weighted by Gasteiger charge is 2.21. The highest BCUT2D eigenvalue weighted by Crippen LogP contribution is 2.16. The van der Waals surface area contributed by atoms with Crippen LogP contribution in [0.15, 0.2) is 53.3 Å². The normalized spacial score (nSPS) is 10.9. The number of carbonyl (C=O) groups excluding carboxylic acids is 1. The number of pyridine rings is 1. The van der Waals surface area contributed by atoms with E-state index in [1.807, 2.05) is 44.2 Å². The number of benzene rings is 1. The Morgan fingerprint density at radius 2 is 2.00 bits per heavy atom. The second-order valence-electron chi connectivity index (χ2n) is 6.65. The molecule has 1 aromatic carbocycles. The number of rotatable bonds is 8. The highest BCUT2D eigenvalue weighted by atomic mass is 16.5. The summed E-state index contributed by atoms with van der Waals surface area (Å²) in [7, 11) is 0. The van der Waals surface area contributed by atoms with Gasteiger partial charge in [-0.1, -0.05) is 24.2 Å². The van der Waals surface area contributed by atoms with Gasteiger partial charge >= 0.3 is 0 Å². The molecule has 7 nitrogen and oxygen atoms in total.